The molecule has 0 atom stereocenters. The van der Waals surface area contributed by atoms with Crippen LogP contribution in [0.15, 0.2) is 23.3 Å². The Morgan fingerprint density at radius 3 is 2.67 bits per heavy atom. The highest BCUT2D eigenvalue weighted by Gasteiger charge is 1.99. The van der Waals surface area contributed by atoms with Gasteiger partial charge in [0.2, 0.25) is 6.20 Å². The van der Waals surface area contributed by atoms with Gasteiger partial charge in [-0.15, -0.1) is 0 Å². The van der Waals surface area contributed by atoms with Gasteiger partial charge < -0.3 is 9.52 Å². The Balaban J connectivity index is 1.96. The Bertz CT molecular complexity index is 184. The first-order chi connectivity index (χ1) is 5.93. The van der Waals surface area contributed by atoms with Crippen LogP contribution in [0.25, 0.3) is 0 Å². The van der Waals surface area contributed by atoms with E-state index >= 15 is 0 Å². The van der Waals surface area contributed by atoms with Crippen LogP contribution in [0.3, 0.4) is 0 Å². The highest BCUT2D eigenvalue weighted by atomic mass is 16.3. The van der Waals surface area contributed by atoms with E-state index in [2.05, 4.69) is 0 Å². The Hall–Kier alpha value is -0.830. The standard InChI is InChI=1S/C9H16NO2/c11-7-4-2-1-3-5-10-6-8-12-9-10/h6,8-9,11H,1-5,7H2/q+1. The van der Waals surface area contributed by atoms with Gasteiger partial charge in [-0.3, -0.25) is 0 Å². The highest BCUT2D eigenvalue weighted by molar-refractivity contribution is 4.47. The van der Waals surface area contributed by atoms with E-state index < -0.39 is 0 Å². The van der Waals surface area contributed by atoms with Crippen LogP contribution < -0.4 is 4.57 Å². The van der Waals surface area contributed by atoms with Crippen LogP contribution in [-0.2, 0) is 6.54 Å². The summed E-state index contributed by atoms with van der Waals surface area (Å²) in [5.41, 5.74) is 0. The molecule has 0 saturated carbocycles. The minimum absolute atomic E-state index is 0.318. The lowest BCUT2D eigenvalue weighted by Gasteiger charge is -1.94. The average Bonchev–Trinajstić information content (AvgIpc) is 2.57. The van der Waals surface area contributed by atoms with Crippen LogP contribution in [0.1, 0.15) is 25.7 Å². The summed E-state index contributed by atoms with van der Waals surface area (Å²) in [6.07, 6.45) is 9.69. The summed E-state index contributed by atoms with van der Waals surface area (Å²) >= 11 is 0. The largest absolute Gasteiger partial charge is 0.412 e. The third-order valence-electron chi connectivity index (χ3n) is 1.85. The Morgan fingerprint density at radius 1 is 1.17 bits per heavy atom. The zero-order valence-electron chi connectivity index (χ0n) is 7.28. The summed E-state index contributed by atoms with van der Waals surface area (Å²) < 4.78 is 6.94. The Morgan fingerprint density at radius 2 is 2.00 bits per heavy atom. The Labute approximate surface area is 72.6 Å². The zero-order valence-corrected chi connectivity index (χ0v) is 7.28. The molecule has 0 aliphatic rings. The zero-order chi connectivity index (χ0) is 8.65. The molecule has 1 heterocycles. The Kier molecular flexibility index (Phi) is 4.46. The van der Waals surface area contributed by atoms with Crippen molar-refractivity contribution >= 4 is 0 Å². The summed E-state index contributed by atoms with van der Waals surface area (Å²) in [7, 11) is 0. The lowest BCUT2D eigenvalue weighted by Crippen LogP contribution is -2.29. The van der Waals surface area contributed by atoms with E-state index in [0.717, 1.165) is 25.8 Å². The van der Waals surface area contributed by atoms with Gasteiger partial charge in [0, 0.05) is 13.0 Å². The highest BCUT2D eigenvalue weighted by Crippen LogP contribution is 1.98. The van der Waals surface area contributed by atoms with Gasteiger partial charge in [-0.05, 0) is 12.8 Å². The molecule has 12 heavy (non-hydrogen) atoms. The van der Waals surface area contributed by atoms with Gasteiger partial charge in [-0.1, -0.05) is 6.42 Å². The van der Waals surface area contributed by atoms with Crippen LogP contribution >= 0.6 is 0 Å². The van der Waals surface area contributed by atoms with Gasteiger partial charge in [0.15, 0.2) is 12.8 Å². The molecule has 1 N–H and O–H groups in total. The summed E-state index contributed by atoms with van der Waals surface area (Å²) in [4.78, 5) is 0. The minimum Gasteiger partial charge on any atom is -0.412 e. The SMILES string of the molecule is OCCCCCC[n+]1ccoc1. The summed E-state index contributed by atoms with van der Waals surface area (Å²) in [6.45, 7) is 1.33. The van der Waals surface area contributed by atoms with Crippen molar-refractivity contribution in [2.45, 2.75) is 32.2 Å². The molecule has 0 aliphatic heterocycles. The lowest BCUT2D eigenvalue weighted by molar-refractivity contribution is -0.700. The maximum atomic E-state index is 8.53. The maximum absolute atomic E-state index is 8.53. The number of hydrogen-bond donors (Lipinski definition) is 1. The fourth-order valence-corrected chi connectivity index (χ4v) is 1.15. The van der Waals surface area contributed by atoms with Crippen LogP contribution in [0.5, 0.6) is 0 Å². The second-order valence-corrected chi connectivity index (χ2v) is 2.90. The third-order valence-corrected chi connectivity index (χ3v) is 1.85. The average molecular weight is 170 g/mol. The molecule has 1 aromatic heterocycles. The van der Waals surface area contributed by atoms with Gasteiger partial charge in [-0.25, -0.2) is 0 Å². The van der Waals surface area contributed by atoms with E-state index in [1.54, 1.807) is 12.7 Å². The van der Waals surface area contributed by atoms with Crippen LogP contribution in [-0.4, -0.2) is 11.7 Å². The van der Waals surface area contributed by atoms with Crippen LogP contribution in [0.4, 0.5) is 0 Å². The smallest absolute Gasteiger partial charge is 0.334 e. The molecule has 0 saturated heterocycles. The van der Waals surface area contributed by atoms with E-state index in [9.17, 15) is 0 Å². The van der Waals surface area contributed by atoms with Crippen molar-refractivity contribution in [2.24, 2.45) is 0 Å². The molecule has 68 valence electrons. The second kappa shape index (κ2) is 5.77. The van der Waals surface area contributed by atoms with Crippen LogP contribution in [0.2, 0.25) is 0 Å². The number of nitrogens with zero attached hydrogens (tertiary/aromatic N) is 1. The number of aliphatic hydroxyl groups is 1. The molecule has 0 unspecified atom stereocenters. The van der Waals surface area contributed by atoms with E-state index in [4.69, 9.17) is 9.52 Å². The number of aryl methyl sites for hydroxylation is 1. The molecule has 0 fully saturated rings. The molecule has 0 radical (unpaired) electrons. The van der Waals surface area contributed by atoms with Crippen molar-refractivity contribution in [3.05, 3.63) is 18.9 Å². The first-order valence-corrected chi connectivity index (χ1v) is 4.45. The number of rotatable bonds is 6. The van der Waals surface area contributed by atoms with Gasteiger partial charge in [0.1, 0.15) is 0 Å². The third kappa shape index (κ3) is 3.53. The number of oxazole rings is 1. The quantitative estimate of drug-likeness (QED) is 0.513. The van der Waals surface area contributed by atoms with Crippen molar-refractivity contribution < 1.29 is 14.1 Å². The fourth-order valence-electron chi connectivity index (χ4n) is 1.15. The predicted molar refractivity (Wildman–Crippen MR) is 44.5 cm³/mol. The molecule has 1 aromatic rings. The maximum Gasteiger partial charge on any atom is 0.334 e. The van der Waals surface area contributed by atoms with Crippen LogP contribution in [0, 0.1) is 0 Å². The summed E-state index contributed by atoms with van der Waals surface area (Å²) in [5, 5.41) is 8.53. The molecule has 1 rings (SSSR count). The number of aliphatic hydroxyl groups excluding tert-OH is 1. The molecular formula is C9H16NO2+. The van der Waals surface area contributed by atoms with Crippen molar-refractivity contribution in [1.29, 1.82) is 0 Å². The molecule has 0 amide bonds. The monoisotopic (exact) mass is 170 g/mol. The second-order valence-electron chi connectivity index (χ2n) is 2.90. The van der Waals surface area contributed by atoms with E-state index in [1.165, 1.54) is 6.42 Å². The van der Waals surface area contributed by atoms with Crippen molar-refractivity contribution in [2.75, 3.05) is 6.61 Å². The summed E-state index contributed by atoms with van der Waals surface area (Å²) in [5.74, 6) is 0. The van der Waals surface area contributed by atoms with Gasteiger partial charge in [-0.2, -0.15) is 4.57 Å². The van der Waals surface area contributed by atoms with E-state index in [0.29, 0.717) is 6.61 Å². The topological polar surface area (TPSA) is 37.2 Å². The predicted octanol–water partition coefficient (Wildman–Crippen LogP) is 1.12. The lowest BCUT2D eigenvalue weighted by atomic mass is 10.2. The van der Waals surface area contributed by atoms with Gasteiger partial charge in [0.25, 0.3) is 0 Å². The molecule has 0 spiro atoms. The molecule has 3 heteroatoms. The molecule has 0 aromatic carbocycles. The number of aromatic nitrogens is 1. The molecule has 0 aliphatic carbocycles. The molecule has 3 nitrogen and oxygen atoms in total. The van der Waals surface area contributed by atoms with Gasteiger partial charge >= 0.3 is 6.39 Å². The first kappa shape index (κ1) is 9.26. The number of hydrogen-bond acceptors (Lipinski definition) is 2. The van der Waals surface area contributed by atoms with Gasteiger partial charge in [0.05, 0.1) is 0 Å². The van der Waals surface area contributed by atoms with Crippen molar-refractivity contribution in [3.63, 3.8) is 0 Å². The van der Waals surface area contributed by atoms with Crippen molar-refractivity contribution in [1.82, 2.24) is 0 Å². The normalized spacial score (nSPS) is 10.4. The van der Waals surface area contributed by atoms with E-state index in [1.807, 2.05) is 10.8 Å². The number of unbranched alkanes of at least 4 members (excludes halogenated alkanes) is 3. The fraction of sp³-hybridized carbons (Fsp3) is 0.667. The molecular weight excluding hydrogens is 154 g/mol. The molecule has 0 bridgehead atoms. The summed E-state index contributed by atoms with van der Waals surface area (Å²) in [6, 6.07) is 0. The minimum atomic E-state index is 0.318. The first-order valence-electron chi connectivity index (χ1n) is 4.45. The van der Waals surface area contributed by atoms with E-state index in [-0.39, 0.29) is 0 Å². The van der Waals surface area contributed by atoms with Crippen molar-refractivity contribution in [3.8, 4) is 0 Å².